The third-order valence-electron chi connectivity index (χ3n) is 3.41. The van der Waals surface area contributed by atoms with Crippen molar-refractivity contribution in [2.75, 3.05) is 6.54 Å². The lowest BCUT2D eigenvalue weighted by Crippen LogP contribution is -2.56. The second-order valence-electron chi connectivity index (χ2n) is 4.59. The average molecular weight is 241 g/mol. The number of aromatic nitrogens is 1. The summed E-state index contributed by atoms with van der Waals surface area (Å²) in [6.07, 6.45) is -0.399. The second-order valence-corrected chi connectivity index (χ2v) is 4.59. The van der Waals surface area contributed by atoms with Gasteiger partial charge in [0.15, 0.2) is 0 Å². The van der Waals surface area contributed by atoms with Crippen LogP contribution in [0.2, 0.25) is 0 Å². The van der Waals surface area contributed by atoms with E-state index in [1.165, 1.54) is 21.8 Å². The summed E-state index contributed by atoms with van der Waals surface area (Å²) in [5.41, 5.74) is 6.11. The van der Waals surface area contributed by atoms with Gasteiger partial charge in [0.25, 0.3) is 0 Å². The number of hydrogen-bond donors (Lipinski definition) is 2. The Morgan fingerprint density at radius 3 is 1.94 bits per heavy atom. The summed E-state index contributed by atoms with van der Waals surface area (Å²) in [6.45, 7) is 1.12. The molecular formula is C15H17N2O+. The zero-order chi connectivity index (χ0) is 12.5. The lowest BCUT2D eigenvalue weighted by atomic mass is 10.2. The first-order valence-corrected chi connectivity index (χ1v) is 6.24. The molecule has 18 heavy (non-hydrogen) atoms. The number of para-hydroxylation sites is 2. The predicted octanol–water partition coefficient (Wildman–Crippen LogP) is 1.40. The number of aliphatic hydroxyl groups excluding tert-OH is 1. The molecule has 0 amide bonds. The summed E-state index contributed by atoms with van der Waals surface area (Å²) in [4.78, 5) is 0. The Labute approximate surface area is 105 Å². The molecule has 0 saturated heterocycles. The Morgan fingerprint density at radius 1 is 0.944 bits per heavy atom. The maximum absolute atomic E-state index is 9.87. The highest BCUT2D eigenvalue weighted by molar-refractivity contribution is 6.07. The Kier molecular flexibility index (Phi) is 2.78. The summed E-state index contributed by atoms with van der Waals surface area (Å²) in [7, 11) is 0. The van der Waals surface area contributed by atoms with E-state index in [-0.39, 0.29) is 0 Å². The third kappa shape index (κ3) is 1.68. The van der Waals surface area contributed by atoms with Crippen LogP contribution in [0, 0.1) is 0 Å². The predicted molar refractivity (Wildman–Crippen MR) is 73.2 cm³/mol. The van der Waals surface area contributed by atoms with Crippen molar-refractivity contribution in [1.29, 1.82) is 0 Å². The average Bonchev–Trinajstić information content (AvgIpc) is 2.74. The molecule has 4 N–H and O–H groups in total. The van der Waals surface area contributed by atoms with Crippen molar-refractivity contribution in [3.05, 3.63) is 48.5 Å². The van der Waals surface area contributed by atoms with Crippen LogP contribution in [0.3, 0.4) is 0 Å². The van der Waals surface area contributed by atoms with Gasteiger partial charge in [-0.25, -0.2) is 0 Å². The van der Waals surface area contributed by atoms with Gasteiger partial charge in [-0.2, -0.15) is 0 Å². The summed E-state index contributed by atoms with van der Waals surface area (Å²) < 4.78 is 2.18. The fourth-order valence-electron chi connectivity index (χ4n) is 2.50. The zero-order valence-electron chi connectivity index (χ0n) is 10.2. The van der Waals surface area contributed by atoms with Gasteiger partial charge in [-0.05, 0) is 12.1 Å². The molecule has 0 fully saturated rings. The summed E-state index contributed by atoms with van der Waals surface area (Å²) in [5, 5.41) is 12.3. The van der Waals surface area contributed by atoms with Gasteiger partial charge in [-0.1, -0.05) is 36.4 Å². The van der Waals surface area contributed by atoms with E-state index in [0.29, 0.717) is 13.1 Å². The normalized spacial score (nSPS) is 13.2. The quantitative estimate of drug-likeness (QED) is 0.715. The van der Waals surface area contributed by atoms with E-state index in [4.69, 9.17) is 0 Å². The maximum atomic E-state index is 9.87. The number of rotatable bonds is 3. The molecule has 1 heterocycles. The third-order valence-corrected chi connectivity index (χ3v) is 3.41. The van der Waals surface area contributed by atoms with E-state index in [9.17, 15) is 5.11 Å². The van der Waals surface area contributed by atoms with Gasteiger partial charge < -0.3 is 15.4 Å². The molecular weight excluding hydrogens is 224 g/mol. The fourth-order valence-corrected chi connectivity index (χ4v) is 2.50. The van der Waals surface area contributed by atoms with Crippen molar-refractivity contribution < 1.29 is 10.8 Å². The topological polar surface area (TPSA) is 52.8 Å². The van der Waals surface area contributed by atoms with Crippen molar-refractivity contribution in [1.82, 2.24) is 4.57 Å². The number of fused-ring (bicyclic) bond motifs is 3. The molecule has 0 aliphatic carbocycles. The smallest absolute Gasteiger partial charge is 0.120 e. The maximum Gasteiger partial charge on any atom is 0.120 e. The van der Waals surface area contributed by atoms with Gasteiger partial charge in [0.05, 0.1) is 6.54 Å². The number of nitrogens with zero attached hydrogens (tertiary/aromatic N) is 1. The fraction of sp³-hybridized carbons (Fsp3) is 0.200. The first kappa shape index (κ1) is 11.3. The van der Waals surface area contributed by atoms with Crippen LogP contribution in [0.15, 0.2) is 48.5 Å². The van der Waals surface area contributed by atoms with Crippen LogP contribution < -0.4 is 5.73 Å². The van der Waals surface area contributed by atoms with Crippen molar-refractivity contribution in [3.63, 3.8) is 0 Å². The van der Waals surface area contributed by atoms with Crippen molar-refractivity contribution in [2.45, 2.75) is 12.6 Å². The Hall–Kier alpha value is -1.84. The van der Waals surface area contributed by atoms with Crippen LogP contribution in [0.25, 0.3) is 21.8 Å². The van der Waals surface area contributed by atoms with Crippen molar-refractivity contribution in [2.24, 2.45) is 0 Å². The Morgan fingerprint density at radius 2 is 1.44 bits per heavy atom. The molecule has 0 saturated carbocycles. The molecule has 0 aliphatic heterocycles. The molecule has 3 nitrogen and oxygen atoms in total. The molecule has 0 aliphatic rings. The van der Waals surface area contributed by atoms with Crippen molar-refractivity contribution in [3.8, 4) is 0 Å². The molecule has 3 aromatic rings. The standard InChI is InChI=1S/C15H16N2O/c16-9-11(18)10-17-14-7-3-1-5-12(14)13-6-2-4-8-15(13)17/h1-8,11,18H,9-10,16H2/p+1/t11-/m0/s1. The van der Waals surface area contributed by atoms with Gasteiger partial charge >= 0.3 is 0 Å². The summed E-state index contributed by atoms with van der Waals surface area (Å²) in [6, 6.07) is 16.6. The van der Waals surface area contributed by atoms with Crippen LogP contribution in [0.4, 0.5) is 0 Å². The molecule has 2 aromatic carbocycles. The number of aliphatic hydroxyl groups is 1. The SMILES string of the molecule is [NH3+]C[C@H](O)Cn1c2ccccc2c2ccccc21. The van der Waals surface area contributed by atoms with E-state index in [0.717, 1.165) is 0 Å². The highest BCUT2D eigenvalue weighted by atomic mass is 16.3. The van der Waals surface area contributed by atoms with Gasteiger partial charge in [0.2, 0.25) is 0 Å². The van der Waals surface area contributed by atoms with Crippen LogP contribution in [0.1, 0.15) is 0 Å². The molecule has 0 unspecified atom stereocenters. The minimum atomic E-state index is -0.399. The molecule has 1 atom stereocenters. The van der Waals surface area contributed by atoms with Gasteiger partial charge in [0.1, 0.15) is 12.6 Å². The number of benzene rings is 2. The second kappa shape index (κ2) is 4.44. The lowest BCUT2D eigenvalue weighted by molar-refractivity contribution is -0.384. The molecule has 0 radical (unpaired) electrons. The summed E-state index contributed by atoms with van der Waals surface area (Å²) >= 11 is 0. The van der Waals surface area contributed by atoms with E-state index in [1.54, 1.807) is 0 Å². The van der Waals surface area contributed by atoms with Crippen molar-refractivity contribution >= 4 is 21.8 Å². The Balaban J connectivity index is 2.31. The first-order valence-electron chi connectivity index (χ1n) is 6.24. The molecule has 1 aromatic heterocycles. The minimum Gasteiger partial charge on any atom is -0.385 e. The number of quaternary nitrogens is 1. The summed E-state index contributed by atoms with van der Waals surface area (Å²) in [5.74, 6) is 0. The van der Waals surface area contributed by atoms with Crippen LogP contribution in [0.5, 0.6) is 0 Å². The molecule has 3 rings (SSSR count). The van der Waals surface area contributed by atoms with Crippen LogP contribution in [-0.2, 0) is 6.54 Å². The lowest BCUT2D eigenvalue weighted by Gasteiger charge is -2.10. The largest absolute Gasteiger partial charge is 0.385 e. The minimum absolute atomic E-state index is 0.399. The zero-order valence-corrected chi connectivity index (χ0v) is 10.2. The van der Waals surface area contributed by atoms with Crippen LogP contribution in [-0.4, -0.2) is 22.3 Å². The first-order chi connectivity index (χ1) is 8.81. The van der Waals surface area contributed by atoms with Gasteiger partial charge in [-0.3, -0.25) is 0 Å². The molecule has 0 spiro atoms. The van der Waals surface area contributed by atoms with E-state index in [2.05, 4.69) is 46.7 Å². The van der Waals surface area contributed by atoms with E-state index in [1.807, 2.05) is 12.1 Å². The highest BCUT2D eigenvalue weighted by Crippen LogP contribution is 2.28. The molecule has 3 heteroatoms. The Bertz CT molecular complexity index is 634. The van der Waals surface area contributed by atoms with E-state index < -0.39 is 6.10 Å². The van der Waals surface area contributed by atoms with Gasteiger partial charge in [0, 0.05) is 21.8 Å². The monoisotopic (exact) mass is 241 g/mol. The van der Waals surface area contributed by atoms with Gasteiger partial charge in [-0.15, -0.1) is 0 Å². The van der Waals surface area contributed by atoms with E-state index >= 15 is 0 Å². The highest BCUT2D eigenvalue weighted by Gasteiger charge is 2.12. The molecule has 0 bridgehead atoms. The van der Waals surface area contributed by atoms with Crippen LogP contribution >= 0.6 is 0 Å². The number of hydrogen-bond acceptors (Lipinski definition) is 1. The molecule has 92 valence electrons.